The van der Waals surface area contributed by atoms with Crippen LogP contribution in [0.3, 0.4) is 0 Å². The number of carbonyl (C=O) groups excluding carboxylic acids is 3. The highest BCUT2D eigenvalue weighted by atomic mass is 79.9. The van der Waals surface area contributed by atoms with Gasteiger partial charge in [-0.2, -0.15) is 0 Å². The summed E-state index contributed by atoms with van der Waals surface area (Å²) in [6.07, 6.45) is 0. The molecule has 0 aliphatic carbocycles. The van der Waals surface area contributed by atoms with Crippen LogP contribution in [-0.4, -0.2) is 43.9 Å². The van der Waals surface area contributed by atoms with Crippen molar-refractivity contribution in [2.75, 3.05) is 31.4 Å². The second-order valence-electron chi connectivity index (χ2n) is 5.52. The van der Waals surface area contributed by atoms with Crippen LogP contribution in [0, 0.1) is 6.92 Å². The number of thiophene rings is 1. The van der Waals surface area contributed by atoms with E-state index in [0.717, 1.165) is 20.7 Å². The van der Waals surface area contributed by atoms with E-state index in [1.165, 1.54) is 18.9 Å². The zero-order valence-corrected chi connectivity index (χ0v) is 18.5. The minimum atomic E-state index is -0.670. The van der Waals surface area contributed by atoms with Crippen molar-refractivity contribution in [3.63, 3.8) is 0 Å². The van der Waals surface area contributed by atoms with Crippen LogP contribution < -0.4 is 11.1 Å². The smallest absolute Gasteiger partial charge is 0.341 e. The van der Waals surface area contributed by atoms with Crippen LogP contribution in [0.1, 0.15) is 25.6 Å². The zero-order valence-electron chi connectivity index (χ0n) is 15.2. The summed E-state index contributed by atoms with van der Waals surface area (Å²) in [6.45, 7) is 1.89. The maximum Gasteiger partial charge on any atom is 0.341 e. The van der Waals surface area contributed by atoms with E-state index in [9.17, 15) is 14.4 Å². The first-order chi connectivity index (χ1) is 13.3. The van der Waals surface area contributed by atoms with Gasteiger partial charge in [0, 0.05) is 16.5 Å². The molecule has 1 heterocycles. The maximum atomic E-state index is 12.4. The van der Waals surface area contributed by atoms with Crippen molar-refractivity contribution in [3.05, 3.63) is 44.7 Å². The highest BCUT2D eigenvalue weighted by molar-refractivity contribution is 9.10. The lowest BCUT2D eigenvalue weighted by atomic mass is 10.1. The minimum Gasteiger partial charge on any atom is -0.460 e. The van der Waals surface area contributed by atoms with Crippen molar-refractivity contribution in [1.82, 2.24) is 0 Å². The first kappa shape index (κ1) is 22.4. The van der Waals surface area contributed by atoms with E-state index in [-0.39, 0.29) is 40.3 Å². The van der Waals surface area contributed by atoms with Crippen molar-refractivity contribution in [2.45, 2.75) is 11.8 Å². The molecule has 3 N–H and O–H groups in total. The molecule has 2 amide bonds. The van der Waals surface area contributed by atoms with E-state index < -0.39 is 11.9 Å². The minimum absolute atomic E-state index is 0.0573. The molecular weight excluding hydrogens is 468 g/mol. The number of esters is 1. The second-order valence-corrected chi connectivity index (χ2v) is 8.41. The lowest BCUT2D eigenvalue weighted by molar-refractivity contribution is -0.113. The normalized spacial score (nSPS) is 10.5. The van der Waals surface area contributed by atoms with Crippen LogP contribution in [-0.2, 0) is 14.3 Å². The molecule has 0 bridgehead atoms. The van der Waals surface area contributed by atoms with E-state index in [4.69, 9.17) is 15.2 Å². The van der Waals surface area contributed by atoms with Gasteiger partial charge in [-0.3, -0.25) is 9.59 Å². The van der Waals surface area contributed by atoms with E-state index in [1.54, 1.807) is 6.92 Å². The number of primary amides is 1. The highest BCUT2D eigenvalue weighted by Crippen LogP contribution is 2.34. The Morgan fingerprint density at radius 2 is 1.96 bits per heavy atom. The molecule has 0 unspecified atom stereocenters. The van der Waals surface area contributed by atoms with Gasteiger partial charge in [0.15, 0.2) is 0 Å². The quantitative estimate of drug-likeness (QED) is 0.319. The van der Waals surface area contributed by atoms with Crippen molar-refractivity contribution in [2.24, 2.45) is 5.73 Å². The molecule has 7 nitrogen and oxygen atoms in total. The first-order valence-electron chi connectivity index (χ1n) is 8.11. The van der Waals surface area contributed by atoms with Gasteiger partial charge in [0.05, 0.1) is 22.8 Å². The average Bonchev–Trinajstić information content (AvgIpc) is 2.97. The number of hydrogen-bond acceptors (Lipinski definition) is 7. The largest absolute Gasteiger partial charge is 0.460 e. The van der Waals surface area contributed by atoms with Crippen molar-refractivity contribution >= 4 is 61.8 Å². The predicted molar refractivity (Wildman–Crippen MR) is 113 cm³/mol. The number of methoxy groups -OCH3 is 1. The number of thioether (sulfide) groups is 1. The lowest BCUT2D eigenvalue weighted by Gasteiger charge is -2.08. The average molecular weight is 487 g/mol. The highest BCUT2D eigenvalue weighted by Gasteiger charge is 2.25. The lowest BCUT2D eigenvalue weighted by Crippen LogP contribution is -2.17. The van der Waals surface area contributed by atoms with Crippen LogP contribution in [0.5, 0.6) is 0 Å². The number of amides is 2. The molecule has 1 aromatic carbocycles. The molecule has 2 rings (SSSR count). The molecule has 0 radical (unpaired) electrons. The fourth-order valence-corrected chi connectivity index (χ4v) is 4.67. The third-order valence-corrected chi connectivity index (χ3v) is 6.79. The van der Waals surface area contributed by atoms with Gasteiger partial charge >= 0.3 is 5.97 Å². The molecule has 10 heteroatoms. The van der Waals surface area contributed by atoms with Crippen LogP contribution in [0.15, 0.2) is 33.6 Å². The Kier molecular flexibility index (Phi) is 8.49. The number of nitrogens with two attached hydrogens (primary N) is 1. The van der Waals surface area contributed by atoms with Crippen molar-refractivity contribution < 1.29 is 23.9 Å². The monoisotopic (exact) mass is 486 g/mol. The maximum absolute atomic E-state index is 12.4. The van der Waals surface area contributed by atoms with E-state index in [1.807, 2.05) is 24.3 Å². The Balaban J connectivity index is 2.15. The molecular formula is C18H19BrN2O5S2. The standard InChI is InChI=1S/C18H19BrN2O5S2/c1-10-14(18(24)26-8-7-25-2)17(28-15(10)16(20)23)21-13(22)9-27-12-6-4-3-5-11(12)19/h3-6H,7-9H2,1-2H3,(H2,20,23)(H,21,22). The summed E-state index contributed by atoms with van der Waals surface area (Å²) in [7, 11) is 1.49. The molecule has 0 spiro atoms. The molecule has 0 saturated heterocycles. The van der Waals surface area contributed by atoms with E-state index in [2.05, 4.69) is 21.2 Å². The number of benzene rings is 1. The third kappa shape index (κ3) is 5.81. The summed E-state index contributed by atoms with van der Waals surface area (Å²) in [6, 6.07) is 7.54. The predicted octanol–water partition coefficient (Wildman–Crippen LogP) is 3.45. The van der Waals surface area contributed by atoms with Crippen molar-refractivity contribution in [1.29, 1.82) is 0 Å². The molecule has 0 fully saturated rings. The summed E-state index contributed by atoms with van der Waals surface area (Å²) in [5, 5.41) is 2.93. The van der Waals surface area contributed by atoms with Gasteiger partial charge in [-0.15, -0.1) is 23.1 Å². The number of hydrogen-bond donors (Lipinski definition) is 2. The van der Waals surface area contributed by atoms with Gasteiger partial charge in [-0.25, -0.2) is 4.79 Å². The third-order valence-electron chi connectivity index (χ3n) is 3.54. The molecule has 1 aromatic heterocycles. The summed E-state index contributed by atoms with van der Waals surface area (Å²) < 4.78 is 10.9. The number of rotatable bonds is 9. The summed E-state index contributed by atoms with van der Waals surface area (Å²) in [5.41, 5.74) is 5.89. The summed E-state index contributed by atoms with van der Waals surface area (Å²) in [4.78, 5) is 37.6. The van der Waals surface area contributed by atoms with Gasteiger partial charge < -0.3 is 20.5 Å². The van der Waals surface area contributed by atoms with Crippen LogP contribution in [0.4, 0.5) is 5.00 Å². The number of anilines is 1. The molecule has 0 aliphatic heterocycles. The Morgan fingerprint density at radius 1 is 1.25 bits per heavy atom. The first-order valence-corrected chi connectivity index (χ1v) is 10.7. The van der Waals surface area contributed by atoms with Gasteiger partial charge in [0.2, 0.25) is 5.91 Å². The number of carbonyl (C=O) groups is 3. The number of ether oxygens (including phenoxy) is 2. The fourth-order valence-electron chi connectivity index (χ4n) is 2.24. The van der Waals surface area contributed by atoms with Gasteiger partial charge in [-0.05, 0) is 40.5 Å². The SMILES string of the molecule is COCCOC(=O)c1c(NC(=O)CSc2ccccc2Br)sc(C(N)=O)c1C. The topological polar surface area (TPSA) is 108 Å². The van der Waals surface area contributed by atoms with Gasteiger partial charge in [-0.1, -0.05) is 12.1 Å². The Labute approximate surface area is 179 Å². The van der Waals surface area contributed by atoms with Gasteiger partial charge in [0.1, 0.15) is 11.6 Å². The fraction of sp³-hybridized carbons (Fsp3) is 0.278. The Bertz CT molecular complexity index is 885. The second kappa shape index (κ2) is 10.6. The molecule has 2 aromatic rings. The van der Waals surface area contributed by atoms with Crippen molar-refractivity contribution in [3.8, 4) is 0 Å². The van der Waals surface area contributed by atoms with E-state index in [0.29, 0.717) is 5.56 Å². The van der Waals surface area contributed by atoms with Crippen LogP contribution >= 0.6 is 39.0 Å². The Hall–Kier alpha value is -1.88. The Morgan fingerprint density at radius 3 is 2.61 bits per heavy atom. The number of halogens is 1. The molecule has 0 saturated carbocycles. The molecule has 0 aliphatic rings. The number of nitrogens with one attached hydrogen (secondary N) is 1. The molecule has 28 heavy (non-hydrogen) atoms. The summed E-state index contributed by atoms with van der Waals surface area (Å²) in [5.74, 6) is -1.50. The van der Waals surface area contributed by atoms with E-state index >= 15 is 0 Å². The zero-order chi connectivity index (χ0) is 20.7. The van der Waals surface area contributed by atoms with Gasteiger partial charge in [0.25, 0.3) is 5.91 Å². The summed E-state index contributed by atoms with van der Waals surface area (Å²) >= 11 is 5.73. The van der Waals surface area contributed by atoms with Crippen LogP contribution in [0.2, 0.25) is 0 Å². The van der Waals surface area contributed by atoms with Crippen LogP contribution in [0.25, 0.3) is 0 Å². The molecule has 150 valence electrons. The molecule has 0 atom stereocenters.